The maximum Gasteiger partial charge on any atom is 0.0693 e. The molecule has 84 valence electrons. The van der Waals surface area contributed by atoms with Crippen LogP contribution < -0.4 is 5.32 Å². The summed E-state index contributed by atoms with van der Waals surface area (Å²) in [5.41, 5.74) is 0. The van der Waals surface area contributed by atoms with Crippen molar-refractivity contribution in [2.75, 3.05) is 20.3 Å². The van der Waals surface area contributed by atoms with Crippen LogP contribution in [-0.2, 0) is 4.74 Å². The molecule has 0 spiro atoms. The zero-order valence-corrected chi connectivity index (χ0v) is 9.17. The molecule has 0 aromatic heterocycles. The Morgan fingerprint density at radius 3 is 2.79 bits per heavy atom. The fraction of sp³-hybridized carbons (Fsp3) is 1.00. The van der Waals surface area contributed by atoms with Crippen LogP contribution in [0, 0.1) is 0 Å². The lowest BCUT2D eigenvalue weighted by Gasteiger charge is -2.15. The van der Waals surface area contributed by atoms with Crippen molar-refractivity contribution in [1.29, 1.82) is 0 Å². The normalized spacial score (nSPS) is 27.0. The van der Waals surface area contributed by atoms with Gasteiger partial charge in [0.2, 0.25) is 0 Å². The van der Waals surface area contributed by atoms with Crippen molar-refractivity contribution in [2.45, 2.75) is 50.7 Å². The van der Waals surface area contributed by atoms with E-state index < -0.39 is 0 Å². The number of hydrogen-bond donors (Lipinski definition) is 2. The molecule has 1 saturated carbocycles. The molecule has 0 heterocycles. The van der Waals surface area contributed by atoms with Gasteiger partial charge in [-0.25, -0.2) is 0 Å². The van der Waals surface area contributed by atoms with Gasteiger partial charge in [-0.05, 0) is 45.1 Å². The number of rotatable bonds is 7. The predicted molar refractivity (Wildman–Crippen MR) is 57.4 cm³/mol. The molecule has 2 atom stereocenters. The Morgan fingerprint density at radius 2 is 2.14 bits per heavy atom. The molecule has 0 saturated heterocycles. The lowest BCUT2D eigenvalue weighted by atomic mass is 10.2. The van der Waals surface area contributed by atoms with Crippen LogP contribution in [0.5, 0.6) is 0 Å². The van der Waals surface area contributed by atoms with Gasteiger partial charge in [0.15, 0.2) is 0 Å². The van der Waals surface area contributed by atoms with E-state index in [2.05, 4.69) is 5.32 Å². The van der Waals surface area contributed by atoms with Crippen molar-refractivity contribution in [2.24, 2.45) is 0 Å². The van der Waals surface area contributed by atoms with E-state index in [9.17, 15) is 5.11 Å². The molecule has 1 aliphatic rings. The second kappa shape index (κ2) is 7.21. The topological polar surface area (TPSA) is 41.5 Å². The fourth-order valence-electron chi connectivity index (χ4n) is 2.01. The predicted octanol–water partition coefficient (Wildman–Crippen LogP) is 1.31. The molecule has 0 aliphatic heterocycles. The van der Waals surface area contributed by atoms with Gasteiger partial charge in [0.25, 0.3) is 0 Å². The summed E-state index contributed by atoms with van der Waals surface area (Å²) < 4.78 is 4.98. The standard InChI is InChI=1S/C11H23NO2/c1-14-9-4-2-3-8-12-10-6-5-7-11(10)13/h10-13H,2-9H2,1H3/t10-,11-/m0/s1. The molecular formula is C11H23NO2. The second-order valence-electron chi connectivity index (χ2n) is 4.11. The summed E-state index contributed by atoms with van der Waals surface area (Å²) >= 11 is 0. The number of ether oxygens (including phenoxy) is 1. The number of aliphatic hydroxyl groups is 1. The third-order valence-corrected chi connectivity index (χ3v) is 2.91. The monoisotopic (exact) mass is 201 g/mol. The number of hydrogen-bond acceptors (Lipinski definition) is 3. The first kappa shape index (κ1) is 12.0. The van der Waals surface area contributed by atoms with E-state index in [4.69, 9.17) is 4.74 Å². The van der Waals surface area contributed by atoms with Gasteiger partial charge >= 0.3 is 0 Å². The zero-order chi connectivity index (χ0) is 10.2. The minimum absolute atomic E-state index is 0.103. The molecule has 0 unspecified atom stereocenters. The molecule has 1 aliphatic carbocycles. The maximum atomic E-state index is 9.55. The number of aliphatic hydroxyl groups excluding tert-OH is 1. The molecule has 3 nitrogen and oxygen atoms in total. The molecule has 0 bridgehead atoms. The third-order valence-electron chi connectivity index (χ3n) is 2.91. The Bertz CT molecular complexity index is 141. The van der Waals surface area contributed by atoms with Crippen LogP contribution in [0.3, 0.4) is 0 Å². The largest absolute Gasteiger partial charge is 0.392 e. The Balaban J connectivity index is 1.88. The van der Waals surface area contributed by atoms with Crippen LogP contribution >= 0.6 is 0 Å². The van der Waals surface area contributed by atoms with Crippen molar-refractivity contribution < 1.29 is 9.84 Å². The lowest BCUT2D eigenvalue weighted by Crippen LogP contribution is -2.36. The summed E-state index contributed by atoms with van der Waals surface area (Å²) in [6.07, 6.45) is 6.72. The number of methoxy groups -OCH3 is 1. The second-order valence-corrected chi connectivity index (χ2v) is 4.11. The fourth-order valence-corrected chi connectivity index (χ4v) is 2.01. The highest BCUT2D eigenvalue weighted by Gasteiger charge is 2.23. The van der Waals surface area contributed by atoms with E-state index in [-0.39, 0.29) is 6.10 Å². The van der Waals surface area contributed by atoms with E-state index >= 15 is 0 Å². The van der Waals surface area contributed by atoms with Gasteiger partial charge in [-0.1, -0.05) is 0 Å². The van der Waals surface area contributed by atoms with Gasteiger partial charge in [0, 0.05) is 19.8 Å². The van der Waals surface area contributed by atoms with Crippen LogP contribution in [0.1, 0.15) is 38.5 Å². The van der Waals surface area contributed by atoms with Gasteiger partial charge in [-0.15, -0.1) is 0 Å². The van der Waals surface area contributed by atoms with Crippen molar-refractivity contribution in [3.05, 3.63) is 0 Å². The van der Waals surface area contributed by atoms with Gasteiger partial charge in [0.05, 0.1) is 6.10 Å². The lowest BCUT2D eigenvalue weighted by molar-refractivity contribution is 0.148. The summed E-state index contributed by atoms with van der Waals surface area (Å²) in [6.45, 7) is 1.90. The molecule has 14 heavy (non-hydrogen) atoms. The maximum absolute atomic E-state index is 9.55. The third kappa shape index (κ3) is 4.40. The first-order chi connectivity index (χ1) is 6.84. The van der Waals surface area contributed by atoms with Crippen LogP contribution in [0.25, 0.3) is 0 Å². The molecule has 1 fully saturated rings. The highest BCUT2D eigenvalue weighted by Crippen LogP contribution is 2.18. The van der Waals surface area contributed by atoms with Gasteiger partial charge in [-0.2, -0.15) is 0 Å². The number of unbranched alkanes of at least 4 members (excludes halogenated alkanes) is 2. The number of nitrogens with one attached hydrogen (secondary N) is 1. The van der Waals surface area contributed by atoms with E-state index in [1.54, 1.807) is 7.11 Å². The van der Waals surface area contributed by atoms with Crippen molar-refractivity contribution >= 4 is 0 Å². The zero-order valence-electron chi connectivity index (χ0n) is 9.17. The minimum atomic E-state index is -0.103. The Kier molecular flexibility index (Phi) is 6.15. The van der Waals surface area contributed by atoms with Crippen molar-refractivity contribution in [1.82, 2.24) is 5.32 Å². The summed E-state index contributed by atoms with van der Waals surface area (Å²) in [5.74, 6) is 0. The minimum Gasteiger partial charge on any atom is -0.392 e. The molecule has 3 heteroatoms. The Morgan fingerprint density at radius 1 is 1.29 bits per heavy atom. The summed E-state index contributed by atoms with van der Waals surface area (Å²) in [5, 5.41) is 13.0. The highest BCUT2D eigenvalue weighted by molar-refractivity contribution is 4.82. The summed E-state index contributed by atoms with van der Waals surface area (Å²) in [7, 11) is 1.74. The van der Waals surface area contributed by atoms with Crippen LogP contribution in [0.15, 0.2) is 0 Å². The molecule has 0 aromatic carbocycles. The smallest absolute Gasteiger partial charge is 0.0693 e. The summed E-state index contributed by atoms with van der Waals surface area (Å²) in [4.78, 5) is 0. The van der Waals surface area contributed by atoms with Crippen LogP contribution in [0.2, 0.25) is 0 Å². The first-order valence-electron chi connectivity index (χ1n) is 5.75. The van der Waals surface area contributed by atoms with E-state index in [1.807, 2.05) is 0 Å². The van der Waals surface area contributed by atoms with Gasteiger partial charge in [-0.3, -0.25) is 0 Å². The quantitative estimate of drug-likeness (QED) is 0.610. The van der Waals surface area contributed by atoms with Crippen LogP contribution in [-0.4, -0.2) is 37.5 Å². The Hall–Kier alpha value is -0.120. The SMILES string of the molecule is COCCCCCN[C@H]1CCC[C@@H]1O. The van der Waals surface area contributed by atoms with E-state index in [0.29, 0.717) is 6.04 Å². The molecule has 0 radical (unpaired) electrons. The van der Waals surface area contributed by atoms with E-state index in [1.165, 1.54) is 19.3 Å². The first-order valence-corrected chi connectivity index (χ1v) is 5.75. The molecular weight excluding hydrogens is 178 g/mol. The highest BCUT2D eigenvalue weighted by atomic mass is 16.5. The molecule has 0 aromatic rings. The van der Waals surface area contributed by atoms with Gasteiger partial charge < -0.3 is 15.2 Å². The molecule has 2 N–H and O–H groups in total. The average molecular weight is 201 g/mol. The van der Waals surface area contributed by atoms with Crippen LogP contribution in [0.4, 0.5) is 0 Å². The van der Waals surface area contributed by atoms with Gasteiger partial charge in [0.1, 0.15) is 0 Å². The molecule has 0 amide bonds. The average Bonchev–Trinajstić information content (AvgIpc) is 2.58. The van der Waals surface area contributed by atoms with Crippen molar-refractivity contribution in [3.8, 4) is 0 Å². The van der Waals surface area contributed by atoms with Crippen molar-refractivity contribution in [3.63, 3.8) is 0 Å². The summed E-state index contributed by atoms with van der Waals surface area (Å²) in [6, 6.07) is 0.359. The molecule has 1 rings (SSSR count). The van der Waals surface area contributed by atoms with E-state index in [0.717, 1.165) is 32.4 Å². The Labute approximate surface area is 86.8 Å².